The standard InChI is InChI=1S/C33H47N5O9S/c1-2-3-14-34-28(40)13-22-48-26-23-32(44)38(33(26)45)16-10-27(39)35-15-19-47-21-20-46-18-12-29(41)36-25-7-4-24(5-8-25)6-9-30(42)37-17-11-31(37)43/h4-5,7-8,26H,2-3,6,9-23H2,1H3,(H,34,40)(H,35,39)(H,36,41). The molecule has 1 aromatic rings. The number of hydrogen-bond acceptors (Lipinski definition) is 10. The van der Waals surface area contributed by atoms with Crippen molar-refractivity contribution in [1.29, 1.82) is 0 Å². The molecule has 1 aromatic carbocycles. The highest BCUT2D eigenvalue weighted by molar-refractivity contribution is 8.00. The van der Waals surface area contributed by atoms with Crippen LogP contribution in [0.15, 0.2) is 24.3 Å². The number of β-lactam (4-membered cyclic amide) rings is 1. The summed E-state index contributed by atoms with van der Waals surface area (Å²) in [5.41, 5.74) is 1.57. The minimum Gasteiger partial charge on any atom is -0.379 e. The Bertz CT molecular complexity index is 1280. The molecule has 1 unspecified atom stereocenters. The number of ether oxygens (including phenoxy) is 2. The number of anilines is 1. The molecule has 0 aromatic heterocycles. The molecule has 0 spiro atoms. The second kappa shape index (κ2) is 21.2. The van der Waals surface area contributed by atoms with Crippen molar-refractivity contribution < 1.29 is 43.0 Å². The van der Waals surface area contributed by atoms with Gasteiger partial charge in [0.1, 0.15) is 0 Å². The molecular formula is C33H47N5O9S. The van der Waals surface area contributed by atoms with Crippen LogP contribution in [0.3, 0.4) is 0 Å². The summed E-state index contributed by atoms with van der Waals surface area (Å²) < 4.78 is 10.9. The number of hydrogen-bond donors (Lipinski definition) is 3. The van der Waals surface area contributed by atoms with Crippen molar-refractivity contribution in [2.45, 2.75) is 70.0 Å². The van der Waals surface area contributed by atoms with E-state index >= 15 is 0 Å². The van der Waals surface area contributed by atoms with Gasteiger partial charge in [-0.1, -0.05) is 25.5 Å². The SMILES string of the molecule is CCCCNC(=O)CCSC1CC(=O)N(CCC(=O)NCCOCCOCCC(=O)Nc2ccc(CCC(=O)N3CCC3=O)cc2)C1=O. The van der Waals surface area contributed by atoms with E-state index in [9.17, 15) is 33.6 Å². The lowest BCUT2D eigenvalue weighted by Crippen LogP contribution is -2.47. The molecule has 0 aliphatic carbocycles. The molecule has 3 N–H and O–H groups in total. The van der Waals surface area contributed by atoms with Crippen LogP contribution in [0.1, 0.15) is 63.9 Å². The van der Waals surface area contributed by atoms with E-state index < -0.39 is 5.25 Å². The van der Waals surface area contributed by atoms with Crippen molar-refractivity contribution in [3.05, 3.63) is 29.8 Å². The fourth-order valence-corrected chi connectivity index (χ4v) is 5.92. The number of benzene rings is 1. The molecule has 7 amide bonds. The van der Waals surface area contributed by atoms with Gasteiger partial charge in [0.15, 0.2) is 0 Å². The van der Waals surface area contributed by atoms with Crippen molar-refractivity contribution in [1.82, 2.24) is 20.4 Å². The molecule has 2 fully saturated rings. The topological polar surface area (TPSA) is 181 Å². The van der Waals surface area contributed by atoms with Crippen LogP contribution in [0, 0.1) is 0 Å². The van der Waals surface area contributed by atoms with Crippen LogP contribution in [-0.2, 0) is 49.5 Å². The zero-order chi connectivity index (χ0) is 34.7. The van der Waals surface area contributed by atoms with Gasteiger partial charge in [0.2, 0.25) is 41.4 Å². The minimum absolute atomic E-state index is 0.00689. The third-order valence-corrected chi connectivity index (χ3v) is 8.91. The second-order valence-electron chi connectivity index (χ2n) is 11.4. The Morgan fingerprint density at radius 3 is 2.23 bits per heavy atom. The monoisotopic (exact) mass is 689 g/mol. The quantitative estimate of drug-likeness (QED) is 0.0864. The summed E-state index contributed by atoms with van der Waals surface area (Å²) in [5.74, 6) is -1.03. The maximum absolute atomic E-state index is 12.6. The van der Waals surface area contributed by atoms with Gasteiger partial charge < -0.3 is 25.4 Å². The van der Waals surface area contributed by atoms with Crippen LogP contribution in [-0.4, -0.2) is 115 Å². The van der Waals surface area contributed by atoms with Crippen LogP contribution >= 0.6 is 11.8 Å². The number of likely N-dealkylation sites (tertiary alicyclic amines) is 2. The van der Waals surface area contributed by atoms with Crippen molar-refractivity contribution in [2.75, 3.05) is 63.7 Å². The first kappa shape index (κ1) is 38.6. The first-order valence-electron chi connectivity index (χ1n) is 16.5. The molecule has 2 saturated heterocycles. The van der Waals surface area contributed by atoms with Crippen LogP contribution in [0.5, 0.6) is 0 Å². The summed E-state index contributed by atoms with van der Waals surface area (Å²) in [7, 11) is 0. The molecule has 48 heavy (non-hydrogen) atoms. The lowest BCUT2D eigenvalue weighted by atomic mass is 10.1. The van der Waals surface area contributed by atoms with E-state index in [-0.39, 0.29) is 113 Å². The normalized spacial score (nSPS) is 15.8. The van der Waals surface area contributed by atoms with E-state index in [0.717, 1.165) is 23.3 Å². The number of nitrogens with one attached hydrogen (secondary N) is 3. The highest BCUT2D eigenvalue weighted by Gasteiger charge is 2.38. The second-order valence-corrected chi connectivity index (χ2v) is 12.7. The molecule has 14 nitrogen and oxygen atoms in total. The predicted molar refractivity (Wildman–Crippen MR) is 179 cm³/mol. The molecule has 3 rings (SSSR count). The lowest BCUT2D eigenvalue weighted by molar-refractivity contribution is -0.152. The van der Waals surface area contributed by atoms with E-state index in [1.54, 1.807) is 12.1 Å². The molecular weight excluding hydrogens is 642 g/mol. The van der Waals surface area contributed by atoms with E-state index in [4.69, 9.17) is 9.47 Å². The summed E-state index contributed by atoms with van der Waals surface area (Å²) in [5, 5.41) is 7.80. The van der Waals surface area contributed by atoms with E-state index in [1.807, 2.05) is 19.1 Å². The van der Waals surface area contributed by atoms with Gasteiger partial charge in [-0.25, -0.2) is 0 Å². The third kappa shape index (κ3) is 13.7. The van der Waals surface area contributed by atoms with E-state index in [2.05, 4.69) is 16.0 Å². The molecule has 1 atom stereocenters. The average Bonchev–Trinajstić information content (AvgIpc) is 3.33. The Balaban J connectivity index is 1.14. The summed E-state index contributed by atoms with van der Waals surface area (Å²) in [6.45, 7) is 4.47. The van der Waals surface area contributed by atoms with E-state index in [1.165, 1.54) is 16.7 Å². The Kier molecular flexibility index (Phi) is 17.1. The smallest absolute Gasteiger partial charge is 0.242 e. The lowest BCUT2D eigenvalue weighted by Gasteiger charge is -2.28. The maximum atomic E-state index is 12.6. The number of amides is 7. The zero-order valence-corrected chi connectivity index (χ0v) is 28.4. The first-order valence-corrected chi connectivity index (χ1v) is 17.6. The zero-order valence-electron chi connectivity index (χ0n) is 27.6. The minimum atomic E-state index is -0.521. The molecule has 0 bridgehead atoms. The largest absolute Gasteiger partial charge is 0.379 e. The fourth-order valence-electron chi connectivity index (χ4n) is 4.80. The van der Waals surface area contributed by atoms with Crippen LogP contribution in [0.25, 0.3) is 0 Å². The van der Waals surface area contributed by atoms with Crippen molar-refractivity contribution >= 4 is 58.8 Å². The van der Waals surface area contributed by atoms with Crippen molar-refractivity contribution in [3.8, 4) is 0 Å². The van der Waals surface area contributed by atoms with Gasteiger partial charge in [0.25, 0.3) is 0 Å². The predicted octanol–water partition coefficient (Wildman–Crippen LogP) is 1.41. The Morgan fingerprint density at radius 2 is 1.54 bits per heavy atom. The number of thioether (sulfide) groups is 1. The number of unbranched alkanes of at least 4 members (excludes halogenated alkanes) is 1. The third-order valence-electron chi connectivity index (χ3n) is 7.70. The summed E-state index contributed by atoms with van der Waals surface area (Å²) in [6, 6.07) is 7.20. The molecule has 0 radical (unpaired) electrons. The summed E-state index contributed by atoms with van der Waals surface area (Å²) in [4.78, 5) is 86.8. The van der Waals surface area contributed by atoms with Gasteiger partial charge in [-0.2, -0.15) is 0 Å². The summed E-state index contributed by atoms with van der Waals surface area (Å²) >= 11 is 1.30. The van der Waals surface area contributed by atoms with Gasteiger partial charge in [0, 0.05) is 69.7 Å². The van der Waals surface area contributed by atoms with Crippen molar-refractivity contribution in [3.63, 3.8) is 0 Å². The van der Waals surface area contributed by atoms with Crippen molar-refractivity contribution in [2.24, 2.45) is 0 Å². The Morgan fingerprint density at radius 1 is 0.833 bits per heavy atom. The highest BCUT2D eigenvalue weighted by atomic mass is 32.2. The van der Waals surface area contributed by atoms with Crippen LogP contribution < -0.4 is 16.0 Å². The van der Waals surface area contributed by atoms with Gasteiger partial charge in [-0.3, -0.25) is 43.4 Å². The number of carbonyl (C=O) groups is 7. The molecule has 2 aliphatic rings. The van der Waals surface area contributed by atoms with Gasteiger partial charge >= 0.3 is 0 Å². The average molecular weight is 690 g/mol. The number of nitrogens with zero attached hydrogens (tertiary/aromatic N) is 2. The van der Waals surface area contributed by atoms with E-state index in [0.29, 0.717) is 37.4 Å². The number of imide groups is 2. The first-order chi connectivity index (χ1) is 23.2. The van der Waals surface area contributed by atoms with Gasteiger partial charge in [-0.05, 0) is 30.5 Å². The molecule has 15 heteroatoms. The van der Waals surface area contributed by atoms with Crippen LogP contribution in [0.4, 0.5) is 5.69 Å². The Labute approximate surface area is 285 Å². The number of carbonyl (C=O) groups excluding carboxylic acids is 7. The maximum Gasteiger partial charge on any atom is 0.242 e. The molecule has 2 heterocycles. The van der Waals surface area contributed by atoms with Crippen LogP contribution in [0.2, 0.25) is 0 Å². The van der Waals surface area contributed by atoms with Gasteiger partial charge in [0.05, 0.1) is 38.1 Å². The number of rotatable bonds is 23. The highest BCUT2D eigenvalue weighted by Crippen LogP contribution is 2.26. The van der Waals surface area contributed by atoms with Gasteiger partial charge in [-0.15, -0.1) is 11.8 Å². The molecule has 264 valence electrons. The Hall–Kier alpha value is -3.82. The fraction of sp³-hybridized carbons (Fsp3) is 0.606. The molecule has 0 saturated carbocycles. The summed E-state index contributed by atoms with van der Waals surface area (Å²) in [6.07, 6.45) is 3.65. The number of aryl methyl sites for hydroxylation is 1. The molecule has 2 aliphatic heterocycles.